The second-order valence-corrected chi connectivity index (χ2v) is 8.81. The predicted octanol–water partition coefficient (Wildman–Crippen LogP) is 5.24. The molecule has 2 heteroatoms. The Labute approximate surface area is 130 Å². The maximum atomic E-state index is 4.97. The van der Waals surface area contributed by atoms with E-state index >= 15 is 0 Å². The summed E-state index contributed by atoms with van der Waals surface area (Å²) in [4.78, 5) is 4.97. The summed E-state index contributed by atoms with van der Waals surface area (Å²) in [7, 11) is -0.332. The average Bonchev–Trinajstić information content (AvgIpc) is 2.50. The highest BCUT2D eigenvalue weighted by Crippen LogP contribution is 2.41. The van der Waals surface area contributed by atoms with E-state index in [2.05, 4.69) is 63.0 Å². The molecule has 1 aromatic carbocycles. The molecule has 2 aliphatic heterocycles. The summed E-state index contributed by atoms with van der Waals surface area (Å²) in [6, 6.07) is 10.4. The Kier molecular flexibility index (Phi) is 4.25. The monoisotopic (exact) mass is 294 g/mol. The first-order chi connectivity index (χ1) is 10.2. The molecule has 0 N–H and O–H groups in total. The lowest BCUT2D eigenvalue weighted by Gasteiger charge is -2.30. The van der Waals surface area contributed by atoms with Crippen LogP contribution in [0.5, 0.6) is 0 Å². The van der Waals surface area contributed by atoms with Crippen molar-refractivity contribution in [2.75, 3.05) is 0 Å². The second-order valence-electron chi connectivity index (χ2n) is 6.21. The Morgan fingerprint density at radius 2 is 2.10 bits per heavy atom. The number of rotatable bonds is 2. The van der Waals surface area contributed by atoms with Crippen LogP contribution in [0.15, 0.2) is 46.1 Å². The molecule has 0 fully saturated rings. The third-order valence-electron chi connectivity index (χ3n) is 4.85. The number of aliphatic imine (C=N–C) groups is 1. The molecule has 0 radical (unpaired) electrons. The summed E-state index contributed by atoms with van der Waals surface area (Å²) < 4.78 is 0. The normalized spacial score (nSPS) is 25.6. The van der Waals surface area contributed by atoms with Gasteiger partial charge in [-0.2, -0.15) is 0 Å². The smallest absolute Gasteiger partial charge is 0.281 e. The number of hydrogen-bond acceptors (Lipinski definition) is 1. The van der Waals surface area contributed by atoms with Crippen molar-refractivity contribution in [1.29, 1.82) is 0 Å². The minimum Gasteiger partial charge on any atom is -0.281 e. The van der Waals surface area contributed by atoms with E-state index in [-0.39, 0.29) is 8.80 Å². The Morgan fingerprint density at radius 3 is 2.90 bits per heavy atom. The Morgan fingerprint density at radius 1 is 1.29 bits per heavy atom. The van der Waals surface area contributed by atoms with E-state index in [0.29, 0.717) is 12.0 Å². The molecule has 108 valence electrons. The van der Waals surface area contributed by atoms with E-state index < -0.39 is 0 Å². The highest BCUT2D eigenvalue weighted by atomic mass is 28.3. The Bertz CT molecular complexity index is 612. The zero-order valence-corrected chi connectivity index (χ0v) is 14.3. The molecule has 0 saturated heterocycles. The van der Waals surface area contributed by atoms with Crippen LogP contribution >= 0.6 is 0 Å². The zero-order valence-electron chi connectivity index (χ0n) is 13.3. The number of nitrogens with zero attached hydrogens (tertiary/aromatic N) is 1. The third kappa shape index (κ3) is 2.69. The van der Waals surface area contributed by atoms with Gasteiger partial charge in [-0.3, -0.25) is 4.99 Å². The van der Waals surface area contributed by atoms with Gasteiger partial charge in [-0.05, 0) is 36.5 Å². The van der Waals surface area contributed by atoms with Crippen molar-refractivity contribution in [3.05, 3.63) is 52.2 Å². The highest BCUT2D eigenvalue weighted by Gasteiger charge is 2.39. The van der Waals surface area contributed by atoms with Crippen LogP contribution in [0.1, 0.15) is 43.9 Å². The summed E-state index contributed by atoms with van der Waals surface area (Å²) in [6.45, 7) is 6.91. The van der Waals surface area contributed by atoms with Crippen molar-refractivity contribution in [3.8, 4) is 0 Å². The highest BCUT2D eigenvalue weighted by molar-refractivity contribution is 6.70. The van der Waals surface area contributed by atoms with Crippen LogP contribution < -0.4 is 0 Å². The first kappa shape index (κ1) is 14.5. The van der Waals surface area contributed by atoms with Crippen molar-refractivity contribution in [1.82, 2.24) is 0 Å². The van der Waals surface area contributed by atoms with Crippen LogP contribution in [-0.2, 0) is 0 Å². The molecule has 2 aliphatic rings. The van der Waals surface area contributed by atoms with Gasteiger partial charge in [0.25, 0.3) is 0 Å². The van der Waals surface area contributed by atoms with Gasteiger partial charge in [-0.25, -0.2) is 0 Å². The fourth-order valence-electron chi connectivity index (χ4n) is 3.69. The van der Waals surface area contributed by atoms with Crippen molar-refractivity contribution >= 4 is 21.1 Å². The van der Waals surface area contributed by atoms with E-state index in [0.717, 1.165) is 0 Å². The largest absolute Gasteiger partial charge is 0.350 e. The zero-order chi connectivity index (χ0) is 14.8. The molecule has 21 heavy (non-hydrogen) atoms. The Hall–Kier alpha value is -1.41. The van der Waals surface area contributed by atoms with Crippen LogP contribution in [-0.4, -0.2) is 15.0 Å². The van der Waals surface area contributed by atoms with Crippen LogP contribution in [0.25, 0.3) is 6.08 Å². The molecule has 0 aromatic heterocycles. The van der Waals surface area contributed by atoms with Gasteiger partial charge in [0, 0.05) is 5.92 Å². The predicted molar refractivity (Wildman–Crippen MR) is 94.2 cm³/mol. The van der Waals surface area contributed by atoms with Gasteiger partial charge in [0.05, 0.1) is 24.8 Å². The SMILES string of the molecule is C/C=C/c1ccccc1C1N=CC2=C(CCC[Si+]2C)C1C. The van der Waals surface area contributed by atoms with Crippen molar-refractivity contribution in [2.45, 2.75) is 45.3 Å². The van der Waals surface area contributed by atoms with Gasteiger partial charge in [0.2, 0.25) is 0 Å². The number of allylic oxidation sites excluding steroid dienone is 2. The quantitative estimate of drug-likeness (QED) is 0.662. The second kappa shape index (κ2) is 6.14. The number of dihydropyridines is 1. The van der Waals surface area contributed by atoms with Crippen molar-refractivity contribution < 1.29 is 0 Å². The van der Waals surface area contributed by atoms with Crippen LogP contribution in [0, 0.1) is 5.92 Å². The fourth-order valence-corrected chi connectivity index (χ4v) is 5.86. The van der Waals surface area contributed by atoms with Crippen LogP contribution in [0.4, 0.5) is 0 Å². The molecular weight excluding hydrogens is 270 g/mol. The van der Waals surface area contributed by atoms with Crippen molar-refractivity contribution in [2.24, 2.45) is 10.9 Å². The third-order valence-corrected chi connectivity index (χ3v) is 7.33. The van der Waals surface area contributed by atoms with Crippen molar-refractivity contribution in [3.63, 3.8) is 0 Å². The summed E-state index contributed by atoms with van der Waals surface area (Å²) >= 11 is 0. The van der Waals surface area contributed by atoms with Gasteiger partial charge in [0.15, 0.2) is 0 Å². The van der Waals surface area contributed by atoms with Crippen LogP contribution in [0.2, 0.25) is 12.6 Å². The molecule has 2 heterocycles. The van der Waals surface area contributed by atoms with E-state index in [1.54, 1.807) is 10.8 Å². The summed E-state index contributed by atoms with van der Waals surface area (Å²) in [5.41, 5.74) is 4.39. The minimum atomic E-state index is -0.332. The van der Waals surface area contributed by atoms with Crippen LogP contribution in [0.3, 0.4) is 0 Å². The van der Waals surface area contributed by atoms with E-state index in [1.807, 2.05) is 0 Å². The maximum Gasteiger partial charge on any atom is 0.350 e. The van der Waals surface area contributed by atoms with E-state index in [1.165, 1.54) is 30.0 Å². The summed E-state index contributed by atoms with van der Waals surface area (Å²) in [5.74, 6) is 0.552. The standard InChI is InChI=1S/C19H24NSi/c1-4-8-15-9-5-6-10-17(15)19-14(2)16-11-7-12-21(3)18(16)13-20-19/h4-6,8-10,13-14,19H,7,11-12H2,1-3H3/q+1/b8-4+. The molecule has 1 nitrogen and oxygen atoms in total. The molecule has 0 amide bonds. The lowest BCUT2D eigenvalue weighted by atomic mass is 9.83. The number of hydrogen-bond donors (Lipinski definition) is 0. The molecule has 2 atom stereocenters. The molecule has 1 aromatic rings. The molecule has 0 bridgehead atoms. The van der Waals surface area contributed by atoms with Gasteiger partial charge >= 0.3 is 8.80 Å². The number of benzene rings is 1. The lowest BCUT2D eigenvalue weighted by molar-refractivity contribution is 0.511. The van der Waals surface area contributed by atoms with E-state index in [9.17, 15) is 0 Å². The van der Waals surface area contributed by atoms with E-state index in [4.69, 9.17) is 4.99 Å². The lowest BCUT2D eigenvalue weighted by Crippen LogP contribution is -2.27. The van der Waals surface area contributed by atoms with Gasteiger partial charge in [0.1, 0.15) is 5.20 Å². The first-order valence-corrected chi connectivity index (χ1v) is 10.2. The van der Waals surface area contributed by atoms with Gasteiger partial charge in [-0.1, -0.05) is 43.3 Å². The maximum absolute atomic E-state index is 4.97. The van der Waals surface area contributed by atoms with Gasteiger partial charge < -0.3 is 0 Å². The van der Waals surface area contributed by atoms with Gasteiger partial charge in [-0.15, -0.1) is 0 Å². The fraction of sp³-hybridized carbons (Fsp3) is 0.421. The Balaban J connectivity index is 1.98. The molecule has 0 spiro atoms. The molecular formula is C19H24NSi+. The summed E-state index contributed by atoms with van der Waals surface area (Å²) in [5, 5.41) is 1.62. The minimum absolute atomic E-state index is 0.295. The average molecular weight is 294 g/mol. The summed E-state index contributed by atoms with van der Waals surface area (Å²) in [6.07, 6.45) is 9.21. The first-order valence-electron chi connectivity index (χ1n) is 8.03. The molecule has 3 rings (SSSR count). The molecule has 2 unspecified atom stereocenters. The molecule has 0 saturated carbocycles. The topological polar surface area (TPSA) is 12.4 Å². The molecule has 0 aliphatic carbocycles.